The minimum atomic E-state index is -0.708. The number of methoxy groups -OCH3 is 1. The van der Waals surface area contributed by atoms with E-state index in [1.807, 2.05) is 12.1 Å². The molecule has 3 aliphatic rings. The fourth-order valence-electron chi connectivity index (χ4n) is 6.64. The standard InChI is InChI=1S/C23H34O3/c1-21(2)13-12-18-17-10-11-19(22(17,3)4)20(23(18,21)24)26-14-15-6-8-16(25-5)9-7-15/h6-9,17-20,24H,10-14H2,1-5H3/t17-,18+,19+,20+,23+/m0/s1. The topological polar surface area (TPSA) is 38.7 Å². The summed E-state index contributed by atoms with van der Waals surface area (Å²) >= 11 is 0. The molecule has 0 aliphatic heterocycles. The van der Waals surface area contributed by atoms with E-state index in [9.17, 15) is 5.11 Å². The zero-order chi connectivity index (χ0) is 18.7. The molecule has 0 unspecified atom stereocenters. The van der Waals surface area contributed by atoms with E-state index >= 15 is 0 Å². The van der Waals surface area contributed by atoms with Gasteiger partial charge < -0.3 is 14.6 Å². The molecular weight excluding hydrogens is 324 g/mol. The minimum Gasteiger partial charge on any atom is -0.497 e. The van der Waals surface area contributed by atoms with Crippen molar-refractivity contribution >= 4 is 0 Å². The van der Waals surface area contributed by atoms with Crippen LogP contribution in [-0.4, -0.2) is 23.9 Å². The first-order chi connectivity index (χ1) is 12.2. The van der Waals surface area contributed by atoms with Crippen LogP contribution in [0.2, 0.25) is 0 Å². The van der Waals surface area contributed by atoms with Gasteiger partial charge in [0.05, 0.1) is 25.4 Å². The van der Waals surface area contributed by atoms with Crippen molar-refractivity contribution in [3.63, 3.8) is 0 Å². The predicted molar refractivity (Wildman–Crippen MR) is 103 cm³/mol. The highest BCUT2D eigenvalue weighted by molar-refractivity contribution is 5.27. The molecule has 0 heterocycles. The van der Waals surface area contributed by atoms with Gasteiger partial charge in [-0.1, -0.05) is 39.8 Å². The normalized spacial score (nSPS) is 39.6. The van der Waals surface area contributed by atoms with Crippen LogP contribution in [0.5, 0.6) is 5.75 Å². The largest absolute Gasteiger partial charge is 0.497 e. The number of rotatable bonds is 4. The van der Waals surface area contributed by atoms with E-state index in [1.54, 1.807) is 7.11 Å². The van der Waals surface area contributed by atoms with Gasteiger partial charge in [-0.15, -0.1) is 0 Å². The molecule has 0 radical (unpaired) electrons. The summed E-state index contributed by atoms with van der Waals surface area (Å²) in [4.78, 5) is 0. The Morgan fingerprint density at radius 2 is 1.62 bits per heavy atom. The number of hydrogen-bond donors (Lipinski definition) is 1. The van der Waals surface area contributed by atoms with E-state index in [2.05, 4.69) is 39.8 Å². The highest BCUT2D eigenvalue weighted by Crippen LogP contribution is 2.68. The van der Waals surface area contributed by atoms with Gasteiger partial charge in [0.25, 0.3) is 0 Å². The summed E-state index contributed by atoms with van der Waals surface area (Å²) in [6.07, 6.45) is 4.56. The summed E-state index contributed by atoms with van der Waals surface area (Å²) in [6, 6.07) is 8.08. The molecule has 0 saturated heterocycles. The summed E-state index contributed by atoms with van der Waals surface area (Å²) in [5.74, 6) is 2.29. The van der Waals surface area contributed by atoms with Gasteiger partial charge in [0, 0.05) is 0 Å². The summed E-state index contributed by atoms with van der Waals surface area (Å²) in [5.41, 5.74) is 0.599. The van der Waals surface area contributed by atoms with E-state index in [4.69, 9.17) is 9.47 Å². The molecule has 26 heavy (non-hydrogen) atoms. The van der Waals surface area contributed by atoms with Crippen molar-refractivity contribution in [2.45, 2.75) is 71.7 Å². The Kier molecular flexibility index (Phi) is 4.20. The van der Waals surface area contributed by atoms with Gasteiger partial charge in [-0.05, 0) is 72.0 Å². The lowest BCUT2D eigenvalue weighted by atomic mass is 9.53. The molecular formula is C23H34O3. The SMILES string of the molecule is COc1ccc(CO[C@@H]2[C@H]3CC[C@@H]([C@H]4CCC(C)(C)[C@@]42O)C3(C)C)cc1. The Labute approximate surface area is 158 Å². The second-order valence-electron chi connectivity index (χ2n) is 10.0. The zero-order valence-electron chi connectivity index (χ0n) is 16.9. The second-order valence-corrected chi connectivity index (χ2v) is 10.0. The van der Waals surface area contributed by atoms with Crippen LogP contribution in [0.4, 0.5) is 0 Å². The Morgan fingerprint density at radius 1 is 0.962 bits per heavy atom. The average molecular weight is 359 g/mol. The molecule has 2 bridgehead atoms. The Morgan fingerprint density at radius 3 is 2.27 bits per heavy atom. The van der Waals surface area contributed by atoms with Crippen LogP contribution >= 0.6 is 0 Å². The third-order valence-electron chi connectivity index (χ3n) is 8.30. The van der Waals surface area contributed by atoms with E-state index in [0.29, 0.717) is 24.4 Å². The summed E-state index contributed by atoms with van der Waals surface area (Å²) in [5, 5.41) is 12.0. The number of ether oxygens (including phenoxy) is 2. The monoisotopic (exact) mass is 358 g/mol. The molecule has 1 N–H and O–H groups in total. The molecule has 3 heteroatoms. The van der Waals surface area contributed by atoms with Crippen molar-refractivity contribution in [3.05, 3.63) is 29.8 Å². The Bertz CT molecular complexity index is 661. The lowest BCUT2D eigenvalue weighted by Crippen LogP contribution is -2.65. The maximum Gasteiger partial charge on any atom is 0.118 e. The third kappa shape index (κ3) is 2.39. The summed E-state index contributed by atoms with van der Waals surface area (Å²) < 4.78 is 11.8. The Hall–Kier alpha value is -1.06. The molecule has 0 spiro atoms. The van der Waals surface area contributed by atoms with Crippen LogP contribution in [0.1, 0.15) is 58.9 Å². The summed E-state index contributed by atoms with van der Waals surface area (Å²) in [6.45, 7) is 9.86. The number of hydrogen-bond acceptors (Lipinski definition) is 3. The maximum absolute atomic E-state index is 12.0. The molecule has 5 atom stereocenters. The number of fused-ring (bicyclic) bond motifs is 4. The van der Waals surface area contributed by atoms with Gasteiger partial charge in [0.2, 0.25) is 0 Å². The molecule has 4 rings (SSSR count). The smallest absolute Gasteiger partial charge is 0.118 e. The van der Waals surface area contributed by atoms with Crippen LogP contribution in [0.15, 0.2) is 24.3 Å². The predicted octanol–water partition coefficient (Wildman–Crippen LogP) is 4.81. The van der Waals surface area contributed by atoms with Crippen LogP contribution in [0.25, 0.3) is 0 Å². The van der Waals surface area contributed by atoms with Crippen LogP contribution < -0.4 is 4.74 Å². The lowest BCUT2D eigenvalue weighted by molar-refractivity contribution is -0.243. The van der Waals surface area contributed by atoms with Crippen molar-refractivity contribution in [3.8, 4) is 5.75 Å². The molecule has 144 valence electrons. The lowest BCUT2D eigenvalue weighted by Gasteiger charge is -2.57. The van der Waals surface area contributed by atoms with Crippen molar-refractivity contribution in [2.75, 3.05) is 7.11 Å². The number of aliphatic hydroxyl groups is 1. The van der Waals surface area contributed by atoms with Gasteiger partial charge >= 0.3 is 0 Å². The van der Waals surface area contributed by atoms with Gasteiger partial charge in [-0.2, -0.15) is 0 Å². The fraction of sp³-hybridized carbons (Fsp3) is 0.739. The fourth-order valence-corrected chi connectivity index (χ4v) is 6.64. The number of benzene rings is 1. The Balaban J connectivity index is 1.63. The van der Waals surface area contributed by atoms with Gasteiger partial charge in [-0.25, -0.2) is 0 Å². The minimum absolute atomic E-state index is 0.0825. The molecule has 1 aromatic rings. The first-order valence-corrected chi connectivity index (χ1v) is 10.2. The average Bonchev–Trinajstić information content (AvgIpc) is 2.96. The first kappa shape index (κ1) is 18.3. The highest BCUT2D eigenvalue weighted by Gasteiger charge is 2.70. The maximum atomic E-state index is 12.0. The van der Waals surface area contributed by atoms with Crippen molar-refractivity contribution < 1.29 is 14.6 Å². The van der Waals surface area contributed by atoms with Crippen molar-refractivity contribution in [1.82, 2.24) is 0 Å². The van der Waals surface area contributed by atoms with Crippen molar-refractivity contribution in [1.29, 1.82) is 0 Å². The molecule has 3 fully saturated rings. The van der Waals surface area contributed by atoms with Gasteiger partial charge in [0.1, 0.15) is 5.75 Å². The van der Waals surface area contributed by atoms with Crippen LogP contribution in [-0.2, 0) is 11.3 Å². The molecule has 3 nitrogen and oxygen atoms in total. The molecule has 3 saturated carbocycles. The molecule has 0 aromatic heterocycles. The molecule has 3 aliphatic carbocycles. The van der Waals surface area contributed by atoms with E-state index in [-0.39, 0.29) is 16.9 Å². The third-order valence-corrected chi connectivity index (χ3v) is 8.30. The second kappa shape index (κ2) is 5.97. The first-order valence-electron chi connectivity index (χ1n) is 10.2. The van der Waals surface area contributed by atoms with Crippen molar-refractivity contribution in [2.24, 2.45) is 28.6 Å². The molecule has 0 amide bonds. The van der Waals surface area contributed by atoms with E-state index in [1.165, 1.54) is 12.8 Å². The quantitative estimate of drug-likeness (QED) is 0.839. The van der Waals surface area contributed by atoms with Crippen LogP contribution in [0.3, 0.4) is 0 Å². The highest BCUT2D eigenvalue weighted by atomic mass is 16.5. The zero-order valence-corrected chi connectivity index (χ0v) is 16.9. The van der Waals surface area contributed by atoms with E-state index in [0.717, 1.165) is 24.2 Å². The van der Waals surface area contributed by atoms with Gasteiger partial charge in [0.15, 0.2) is 0 Å². The van der Waals surface area contributed by atoms with Crippen LogP contribution in [0, 0.1) is 28.6 Å². The van der Waals surface area contributed by atoms with Gasteiger partial charge in [-0.3, -0.25) is 0 Å². The van der Waals surface area contributed by atoms with E-state index < -0.39 is 5.60 Å². The summed E-state index contributed by atoms with van der Waals surface area (Å²) in [7, 11) is 1.68. The molecule has 1 aromatic carbocycles.